The summed E-state index contributed by atoms with van der Waals surface area (Å²) in [7, 11) is 1.55. The first-order valence-corrected chi connectivity index (χ1v) is 4.92. The molecule has 1 aromatic rings. The van der Waals surface area contributed by atoms with Crippen molar-refractivity contribution in [2.75, 3.05) is 7.11 Å². The van der Waals surface area contributed by atoms with Crippen LogP contribution in [0.4, 0.5) is 0 Å². The minimum atomic E-state index is -1.21. The van der Waals surface area contributed by atoms with Crippen molar-refractivity contribution in [3.63, 3.8) is 0 Å². The van der Waals surface area contributed by atoms with E-state index in [9.17, 15) is 14.7 Å². The molecule has 0 fully saturated rings. The van der Waals surface area contributed by atoms with Crippen LogP contribution in [0.5, 0.6) is 5.75 Å². The van der Waals surface area contributed by atoms with E-state index in [-0.39, 0.29) is 18.6 Å². The van der Waals surface area contributed by atoms with E-state index in [1.165, 1.54) is 0 Å². The zero-order valence-electron chi connectivity index (χ0n) is 9.28. The van der Waals surface area contributed by atoms with Gasteiger partial charge in [-0.1, -0.05) is 0 Å². The summed E-state index contributed by atoms with van der Waals surface area (Å²) in [6, 6.07) is 5.07. The van der Waals surface area contributed by atoms with Gasteiger partial charge in [0.25, 0.3) is 0 Å². The van der Waals surface area contributed by atoms with Crippen molar-refractivity contribution in [2.24, 2.45) is 0 Å². The molecular formula is C12H13O4-. The van der Waals surface area contributed by atoms with Crippen LogP contribution >= 0.6 is 0 Å². The quantitative estimate of drug-likeness (QED) is 0.687. The number of ether oxygens (including phenoxy) is 1. The summed E-state index contributed by atoms with van der Waals surface area (Å²) in [6.07, 6.45) is -0.278. The number of benzene rings is 1. The molecule has 0 N–H and O–H groups in total. The van der Waals surface area contributed by atoms with Gasteiger partial charge in [0.2, 0.25) is 0 Å². The van der Waals surface area contributed by atoms with Gasteiger partial charge in [-0.15, -0.1) is 0 Å². The number of hydrogen-bond acceptors (Lipinski definition) is 4. The Balaban J connectivity index is 2.79. The highest BCUT2D eigenvalue weighted by molar-refractivity contribution is 5.98. The number of hydrogen-bond donors (Lipinski definition) is 0. The second-order valence-electron chi connectivity index (χ2n) is 3.48. The Labute approximate surface area is 93.9 Å². The summed E-state index contributed by atoms with van der Waals surface area (Å²) in [6.45, 7) is 1.79. The first-order chi connectivity index (χ1) is 7.54. The molecule has 1 aromatic carbocycles. The topological polar surface area (TPSA) is 66.4 Å². The molecule has 0 saturated heterocycles. The molecule has 0 saturated carbocycles. The lowest BCUT2D eigenvalue weighted by Gasteiger charge is -2.07. The molecule has 0 aliphatic heterocycles. The van der Waals surface area contributed by atoms with Gasteiger partial charge in [0, 0.05) is 18.0 Å². The Kier molecular flexibility index (Phi) is 4.05. The van der Waals surface area contributed by atoms with Gasteiger partial charge in [-0.2, -0.15) is 0 Å². The van der Waals surface area contributed by atoms with Crippen molar-refractivity contribution in [2.45, 2.75) is 19.8 Å². The van der Waals surface area contributed by atoms with Crippen LogP contribution in [0.1, 0.15) is 28.8 Å². The van der Waals surface area contributed by atoms with E-state index in [0.29, 0.717) is 11.3 Å². The molecule has 0 aromatic heterocycles. The number of Topliss-reactive ketones (excluding diaryl/α,β-unsaturated/α-hetero) is 1. The summed E-state index contributed by atoms with van der Waals surface area (Å²) < 4.78 is 5.01. The third-order valence-corrected chi connectivity index (χ3v) is 2.29. The Hall–Kier alpha value is -1.84. The summed E-state index contributed by atoms with van der Waals surface area (Å²) in [4.78, 5) is 21.9. The third-order valence-electron chi connectivity index (χ3n) is 2.29. The van der Waals surface area contributed by atoms with Gasteiger partial charge < -0.3 is 14.6 Å². The van der Waals surface area contributed by atoms with Crippen LogP contribution < -0.4 is 9.84 Å². The van der Waals surface area contributed by atoms with Gasteiger partial charge >= 0.3 is 0 Å². The molecule has 0 aliphatic rings. The molecule has 0 unspecified atom stereocenters. The normalized spacial score (nSPS) is 9.88. The van der Waals surface area contributed by atoms with Gasteiger partial charge in [0.15, 0.2) is 5.78 Å². The standard InChI is InChI=1S/C12H14O4/c1-8-7-9(16-2)3-4-10(8)11(13)5-6-12(14)15/h3-4,7H,5-6H2,1-2H3,(H,14,15)/p-1. The highest BCUT2D eigenvalue weighted by Gasteiger charge is 2.09. The maximum absolute atomic E-state index is 11.6. The first-order valence-electron chi connectivity index (χ1n) is 4.92. The number of rotatable bonds is 5. The summed E-state index contributed by atoms with van der Waals surface area (Å²) in [5.41, 5.74) is 1.31. The van der Waals surface area contributed by atoms with E-state index < -0.39 is 5.97 Å². The smallest absolute Gasteiger partial charge is 0.163 e. The fourth-order valence-electron chi connectivity index (χ4n) is 1.43. The number of carbonyl (C=O) groups is 2. The lowest BCUT2D eigenvalue weighted by molar-refractivity contribution is -0.305. The van der Waals surface area contributed by atoms with Crippen molar-refractivity contribution in [1.29, 1.82) is 0 Å². The van der Waals surface area contributed by atoms with Crippen molar-refractivity contribution in [3.05, 3.63) is 29.3 Å². The van der Waals surface area contributed by atoms with Gasteiger partial charge in [-0.05, 0) is 37.1 Å². The van der Waals surface area contributed by atoms with Crippen LogP contribution in [0, 0.1) is 6.92 Å². The van der Waals surface area contributed by atoms with Crippen LogP contribution in [0.2, 0.25) is 0 Å². The van der Waals surface area contributed by atoms with Crippen LogP contribution in [0.25, 0.3) is 0 Å². The van der Waals surface area contributed by atoms with Crippen molar-refractivity contribution in [3.8, 4) is 5.75 Å². The Morgan fingerprint density at radius 1 is 1.31 bits per heavy atom. The van der Waals surface area contributed by atoms with Gasteiger partial charge in [-0.25, -0.2) is 0 Å². The van der Waals surface area contributed by atoms with E-state index in [0.717, 1.165) is 5.56 Å². The number of aryl methyl sites for hydroxylation is 1. The van der Waals surface area contributed by atoms with Gasteiger partial charge in [0.05, 0.1) is 7.11 Å². The number of carboxylic acids is 1. The molecule has 0 spiro atoms. The monoisotopic (exact) mass is 221 g/mol. The molecule has 16 heavy (non-hydrogen) atoms. The van der Waals surface area contributed by atoms with E-state index in [1.807, 2.05) is 0 Å². The largest absolute Gasteiger partial charge is 0.550 e. The maximum Gasteiger partial charge on any atom is 0.163 e. The van der Waals surface area contributed by atoms with Crippen molar-refractivity contribution in [1.82, 2.24) is 0 Å². The van der Waals surface area contributed by atoms with Crippen molar-refractivity contribution >= 4 is 11.8 Å². The molecule has 4 heteroatoms. The molecule has 0 bridgehead atoms. The molecule has 0 heterocycles. The molecule has 0 radical (unpaired) electrons. The Morgan fingerprint density at radius 2 is 2.00 bits per heavy atom. The average Bonchev–Trinajstić information content (AvgIpc) is 2.25. The zero-order valence-corrected chi connectivity index (χ0v) is 9.28. The molecule has 4 nitrogen and oxygen atoms in total. The first kappa shape index (κ1) is 12.2. The number of ketones is 1. The van der Waals surface area contributed by atoms with Crippen LogP contribution in [-0.4, -0.2) is 18.9 Å². The summed E-state index contributed by atoms with van der Waals surface area (Å²) in [5.74, 6) is -0.724. The maximum atomic E-state index is 11.6. The lowest BCUT2D eigenvalue weighted by atomic mass is 10.0. The minimum absolute atomic E-state index is 0.0322. The average molecular weight is 221 g/mol. The third kappa shape index (κ3) is 3.08. The molecule has 1 rings (SSSR count). The van der Waals surface area contributed by atoms with E-state index in [2.05, 4.69) is 0 Å². The predicted octanol–water partition coefficient (Wildman–Crippen LogP) is 0.716. The van der Waals surface area contributed by atoms with E-state index >= 15 is 0 Å². The number of aliphatic carboxylic acids is 1. The minimum Gasteiger partial charge on any atom is -0.550 e. The summed E-state index contributed by atoms with van der Waals surface area (Å²) >= 11 is 0. The van der Waals surface area contributed by atoms with Gasteiger partial charge in [-0.3, -0.25) is 4.79 Å². The predicted molar refractivity (Wildman–Crippen MR) is 56.3 cm³/mol. The fraction of sp³-hybridized carbons (Fsp3) is 0.333. The van der Waals surface area contributed by atoms with E-state index in [4.69, 9.17) is 4.74 Å². The fourth-order valence-corrected chi connectivity index (χ4v) is 1.43. The van der Waals surface area contributed by atoms with E-state index in [1.54, 1.807) is 32.2 Å². The lowest BCUT2D eigenvalue weighted by Crippen LogP contribution is -2.22. The number of carboxylic acid groups (broad SMARTS) is 1. The van der Waals surface area contributed by atoms with Crippen molar-refractivity contribution < 1.29 is 19.4 Å². The molecule has 0 amide bonds. The zero-order chi connectivity index (χ0) is 12.1. The highest BCUT2D eigenvalue weighted by Crippen LogP contribution is 2.18. The molecular weight excluding hydrogens is 208 g/mol. The SMILES string of the molecule is COc1ccc(C(=O)CCC(=O)[O-])c(C)c1. The second-order valence-corrected chi connectivity index (χ2v) is 3.48. The van der Waals surface area contributed by atoms with Crippen LogP contribution in [0.3, 0.4) is 0 Å². The highest BCUT2D eigenvalue weighted by atomic mass is 16.5. The number of carbonyl (C=O) groups excluding carboxylic acids is 2. The second kappa shape index (κ2) is 5.30. The Morgan fingerprint density at radius 3 is 2.50 bits per heavy atom. The van der Waals surface area contributed by atoms with Crippen LogP contribution in [-0.2, 0) is 4.79 Å². The van der Waals surface area contributed by atoms with Gasteiger partial charge in [0.1, 0.15) is 5.75 Å². The molecule has 86 valence electrons. The molecule has 0 atom stereocenters. The summed E-state index contributed by atoms with van der Waals surface area (Å²) in [5, 5.41) is 10.2. The molecule has 0 aliphatic carbocycles. The Bertz CT molecular complexity index is 409. The number of methoxy groups -OCH3 is 1. The van der Waals surface area contributed by atoms with Crippen LogP contribution in [0.15, 0.2) is 18.2 Å².